The Morgan fingerprint density at radius 3 is 2.49 bits per heavy atom. The molecule has 0 saturated heterocycles. The Balaban J connectivity index is 1.54. The summed E-state index contributed by atoms with van der Waals surface area (Å²) in [6.45, 7) is 0.460. The molecule has 0 fully saturated rings. The summed E-state index contributed by atoms with van der Waals surface area (Å²) in [5.74, 6) is -0.465. The molecule has 1 aromatic heterocycles. The number of rotatable bonds is 9. The lowest BCUT2D eigenvalue weighted by molar-refractivity contribution is 0.0600. The van der Waals surface area contributed by atoms with E-state index in [1.165, 1.54) is 31.4 Å². The van der Waals surface area contributed by atoms with E-state index in [2.05, 4.69) is 4.98 Å². The third-order valence-corrected chi connectivity index (χ3v) is 8.52. The molecule has 0 unspecified atom stereocenters. The average molecular weight is 545 g/mol. The predicted molar refractivity (Wildman–Crippen MR) is 144 cm³/mol. The van der Waals surface area contributed by atoms with Crippen molar-refractivity contribution in [2.45, 2.75) is 42.6 Å². The summed E-state index contributed by atoms with van der Waals surface area (Å²) >= 11 is 0. The molecule has 0 aliphatic heterocycles. The number of carbonyl (C=O) groups excluding carboxylic acids is 2. The fourth-order valence-electron chi connectivity index (χ4n) is 4.85. The molecule has 200 valence electrons. The average Bonchev–Trinajstić information content (AvgIpc) is 3.47. The monoisotopic (exact) mass is 544 g/mol. The molecule has 1 heterocycles. The second-order valence-electron chi connectivity index (χ2n) is 9.40. The molecule has 1 aliphatic rings. The lowest BCUT2D eigenvalue weighted by Crippen LogP contribution is -2.19. The standard InChI is InChI=1S/C30H28N2O6S/c1-37-30(34)22-10-12-23(13-11-22)39(35,36)19-26-24-8-5-9-27(33)25(24)14-15-28(26)38-29(18-32-17-16-31-20-32)21-6-3-2-4-7-21/h2-4,6-7,10-17,20,29H,5,8-9,18-19H2,1H3/t29-/m1/s1. The van der Waals surface area contributed by atoms with E-state index in [-0.39, 0.29) is 22.0 Å². The summed E-state index contributed by atoms with van der Waals surface area (Å²) in [6.07, 6.45) is 6.47. The first-order chi connectivity index (χ1) is 18.9. The van der Waals surface area contributed by atoms with Crippen molar-refractivity contribution in [3.63, 3.8) is 0 Å². The van der Waals surface area contributed by atoms with Crippen molar-refractivity contribution in [3.05, 3.63) is 113 Å². The van der Waals surface area contributed by atoms with Crippen LogP contribution in [0.4, 0.5) is 0 Å². The molecule has 1 aliphatic carbocycles. The number of sulfone groups is 1. The van der Waals surface area contributed by atoms with E-state index >= 15 is 0 Å². The van der Waals surface area contributed by atoms with Crippen LogP contribution in [-0.4, -0.2) is 36.8 Å². The zero-order chi connectivity index (χ0) is 27.4. The Morgan fingerprint density at radius 1 is 1.03 bits per heavy atom. The molecule has 5 rings (SSSR count). The number of Topliss-reactive ketones (excluding diaryl/α,β-unsaturated/α-hetero) is 1. The number of ketones is 1. The van der Waals surface area contributed by atoms with Gasteiger partial charge in [-0.05, 0) is 60.4 Å². The molecule has 8 nitrogen and oxygen atoms in total. The van der Waals surface area contributed by atoms with Gasteiger partial charge in [0, 0.05) is 29.9 Å². The number of aromatic nitrogens is 2. The van der Waals surface area contributed by atoms with Crippen LogP contribution in [0.3, 0.4) is 0 Å². The Hall–Kier alpha value is -4.24. The highest BCUT2D eigenvalue weighted by atomic mass is 32.2. The summed E-state index contributed by atoms with van der Waals surface area (Å²) in [5, 5.41) is 0. The van der Waals surface area contributed by atoms with Crippen molar-refractivity contribution in [1.82, 2.24) is 9.55 Å². The maximum absolute atomic E-state index is 13.6. The predicted octanol–water partition coefficient (Wildman–Crippen LogP) is 4.98. The molecule has 0 bridgehead atoms. The van der Waals surface area contributed by atoms with E-state index < -0.39 is 21.9 Å². The smallest absolute Gasteiger partial charge is 0.337 e. The van der Waals surface area contributed by atoms with Crippen molar-refractivity contribution in [2.24, 2.45) is 0 Å². The van der Waals surface area contributed by atoms with Gasteiger partial charge in [0.25, 0.3) is 0 Å². The van der Waals surface area contributed by atoms with E-state index in [9.17, 15) is 18.0 Å². The fourth-order valence-corrected chi connectivity index (χ4v) is 6.27. The topological polar surface area (TPSA) is 105 Å². The van der Waals surface area contributed by atoms with Gasteiger partial charge < -0.3 is 14.0 Å². The van der Waals surface area contributed by atoms with Crippen LogP contribution < -0.4 is 4.74 Å². The quantitative estimate of drug-likeness (QED) is 0.274. The zero-order valence-corrected chi connectivity index (χ0v) is 22.3. The summed E-state index contributed by atoms with van der Waals surface area (Å²) < 4.78 is 40.4. The van der Waals surface area contributed by atoms with Gasteiger partial charge in [-0.3, -0.25) is 4.79 Å². The maximum Gasteiger partial charge on any atom is 0.337 e. The van der Waals surface area contributed by atoms with E-state index in [1.54, 1.807) is 24.7 Å². The van der Waals surface area contributed by atoms with Crippen LogP contribution in [0.5, 0.6) is 5.75 Å². The van der Waals surface area contributed by atoms with Crippen LogP contribution in [0.25, 0.3) is 0 Å². The number of fused-ring (bicyclic) bond motifs is 1. The van der Waals surface area contributed by atoms with Crippen LogP contribution >= 0.6 is 0 Å². The highest BCUT2D eigenvalue weighted by molar-refractivity contribution is 7.90. The molecule has 39 heavy (non-hydrogen) atoms. The van der Waals surface area contributed by atoms with E-state index in [1.807, 2.05) is 41.1 Å². The van der Waals surface area contributed by atoms with Crippen LogP contribution in [0.1, 0.15) is 56.4 Å². The summed E-state index contributed by atoms with van der Waals surface area (Å²) in [6, 6.07) is 18.8. The third-order valence-electron chi connectivity index (χ3n) is 6.86. The number of carbonyl (C=O) groups is 2. The Kier molecular flexibility index (Phi) is 7.60. The van der Waals surface area contributed by atoms with Crippen molar-refractivity contribution in [3.8, 4) is 5.75 Å². The minimum Gasteiger partial charge on any atom is -0.484 e. The van der Waals surface area contributed by atoms with Crippen LogP contribution in [0.15, 0.2) is 90.3 Å². The first-order valence-electron chi connectivity index (χ1n) is 12.6. The van der Waals surface area contributed by atoms with Gasteiger partial charge in [-0.15, -0.1) is 0 Å². The van der Waals surface area contributed by atoms with Gasteiger partial charge >= 0.3 is 5.97 Å². The Bertz CT molecular complexity index is 1580. The minimum atomic E-state index is -3.84. The molecular formula is C30H28N2O6S. The second-order valence-corrected chi connectivity index (χ2v) is 11.4. The van der Waals surface area contributed by atoms with Gasteiger partial charge in [0.2, 0.25) is 0 Å². The van der Waals surface area contributed by atoms with Crippen molar-refractivity contribution in [2.75, 3.05) is 7.11 Å². The Labute approximate surface area is 227 Å². The van der Waals surface area contributed by atoms with Gasteiger partial charge in [0.05, 0.1) is 36.2 Å². The van der Waals surface area contributed by atoms with Gasteiger partial charge in [0.1, 0.15) is 11.9 Å². The molecule has 0 amide bonds. The SMILES string of the molecule is COC(=O)c1ccc(S(=O)(=O)Cc2c(O[C@H](Cn3ccnc3)c3ccccc3)ccc3c2CCCC3=O)cc1. The number of imidazole rings is 1. The second kappa shape index (κ2) is 11.2. The highest BCUT2D eigenvalue weighted by Gasteiger charge is 2.28. The number of hydrogen-bond acceptors (Lipinski definition) is 7. The summed E-state index contributed by atoms with van der Waals surface area (Å²) in [5.41, 5.74) is 2.93. The molecule has 4 aromatic rings. The van der Waals surface area contributed by atoms with Crippen LogP contribution in [-0.2, 0) is 33.3 Å². The van der Waals surface area contributed by atoms with Crippen molar-refractivity contribution in [1.29, 1.82) is 0 Å². The maximum atomic E-state index is 13.6. The number of benzene rings is 3. The molecule has 9 heteroatoms. The van der Waals surface area contributed by atoms with Crippen molar-refractivity contribution < 1.29 is 27.5 Å². The number of hydrogen-bond donors (Lipinski definition) is 0. The highest BCUT2D eigenvalue weighted by Crippen LogP contribution is 2.36. The molecule has 0 N–H and O–H groups in total. The van der Waals surface area contributed by atoms with Gasteiger partial charge in [-0.1, -0.05) is 30.3 Å². The lowest BCUT2D eigenvalue weighted by atomic mass is 9.87. The van der Waals surface area contributed by atoms with Gasteiger partial charge in [-0.2, -0.15) is 0 Å². The lowest BCUT2D eigenvalue weighted by Gasteiger charge is -2.25. The largest absolute Gasteiger partial charge is 0.484 e. The molecule has 0 saturated carbocycles. The van der Waals surface area contributed by atoms with Gasteiger partial charge in [-0.25, -0.2) is 18.2 Å². The first-order valence-corrected chi connectivity index (χ1v) is 14.3. The molecular weight excluding hydrogens is 516 g/mol. The van der Waals surface area contributed by atoms with Crippen molar-refractivity contribution >= 4 is 21.6 Å². The Morgan fingerprint density at radius 2 is 1.79 bits per heavy atom. The minimum absolute atomic E-state index is 0.00176. The number of ether oxygens (including phenoxy) is 2. The number of esters is 1. The molecule has 0 radical (unpaired) electrons. The van der Waals surface area contributed by atoms with E-state index in [4.69, 9.17) is 9.47 Å². The normalized spacial score (nSPS) is 13.9. The van der Waals surface area contributed by atoms with Crippen LogP contribution in [0.2, 0.25) is 0 Å². The summed E-state index contributed by atoms with van der Waals surface area (Å²) in [4.78, 5) is 28.7. The third kappa shape index (κ3) is 5.78. The number of methoxy groups -OCH3 is 1. The molecule has 3 aromatic carbocycles. The van der Waals surface area contributed by atoms with E-state index in [0.717, 1.165) is 5.56 Å². The first kappa shape index (κ1) is 26.4. The number of nitrogens with zero attached hydrogens (tertiary/aromatic N) is 2. The zero-order valence-electron chi connectivity index (χ0n) is 21.4. The van der Waals surface area contributed by atoms with Crippen LogP contribution in [0, 0.1) is 0 Å². The summed E-state index contributed by atoms with van der Waals surface area (Å²) in [7, 11) is -2.58. The molecule has 1 atom stereocenters. The van der Waals surface area contributed by atoms with E-state index in [0.29, 0.717) is 48.2 Å². The van der Waals surface area contributed by atoms with Gasteiger partial charge in [0.15, 0.2) is 15.6 Å². The molecule has 0 spiro atoms. The fraction of sp³-hybridized carbons (Fsp3) is 0.233.